The van der Waals surface area contributed by atoms with Gasteiger partial charge in [-0.3, -0.25) is 9.59 Å². The third kappa shape index (κ3) is 6.02. The first kappa shape index (κ1) is 13.5. The number of hydrogen-bond acceptors (Lipinski definition) is 3. The molecule has 0 aromatic carbocycles. The van der Waals surface area contributed by atoms with Crippen LogP contribution in [0.2, 0.25) is 0 Å². The highest BCUT2D eigenvalue weighted by Gasteiger charge is 2.08. The van der Waals surface area contributed by atoms with Crippen molar-refractivity contribution in [2.75, 3.05) is 12.3 Å². The van der Waals surface area contributed by atoms with E-state index in [9.17, 15) is 9.59 Å². The first-order valence-electron chi connectivity index (χ1n) is 4.89. The van der Waals surface area contributed by atoms with Gasteiger partial charge in [-0.1, -0.05) is 39.5 Å². The van der Waals surface area contributed by atoms with Crippen LogP contribution >= 0.6 is 11.8 Å². The van der Waals surface area contributed by atoms with Gasteiger partial charge in [0.1, 0.15) is 0 Å². The normalized spacial score (nSPS) is 10.7. The van der Waals surface area contributed by atoms with Crippen molar-refractivity contribution in [1.29, 1.82) is 0 Å². The van der Waals surface area contributed by atoms with Gasteiger partial charge in [0.15, 0.2) is 5.12 Å². The van der Waals surface area contributed by atoms with Crippen molar-refractivity contribution in [1.82, 2.24) is 5.32 Å². The van der Waals surface area contributed by atoms with Gasteiger partial charge in [0, 0.05) is 24.1 Å². The number of rotatable bonds is 5. The quantitative estimate of drug-likeness (QED) is 0.713. The minimum Gasteiger partial charge on any atom is -0.355 e. The average molecular weight is 217 g/mol. The van der Waals surface area contributed by atoms with Gasteiger partial charge in [-0.05, 0) is 0 Å². The van der Waals surface area contributed by atoms with Gasteiger partial charge in [0.05, 0.1) is 0 Å². The van der Waals surface area contributed by atoms with Crippen molar-refractivity contribution in [3.05, 3.63) is 0 Å². The summed E-state index contributed by atoms with van der Waals surface area (Å²) < 4.78 is 0. The highest BCUT2D eigenvalue weighted by Crippen LogP contribution is 2.09. The fourth-order valence-corrected chi connectivity index (χ4v) is 1.44. The minimum atomic E-state index is 0.0146. The molecule has 0 aromatic rings. The van der Waals surface area contributed by atoms with E-state index in [0.29, 0.717) is 12.3 Å². The van der Waals surface area contributed by atoms with E-state index in [-0.39, 0.29) is 22.9 Å². The maximum atomic E-state index is 11.2. The monoisotopic (exact) mass is 217 g/mol. The zero-order valence-electron chi connectivity index (χ0n) is 9.29. The Kier molecular flexibility index (Phi) is 6.62. The van der Waals surface area contributed by atoms with Crippen LogP contribution in [0, 0.1) is 11.8 Å². The molecule has 1 amide bonds. The molecular weight excluding hydrogens is 198 g/mol. The molecule has 4 heteroatoms. The van der Waals surface area contributed by atoms with Crippen LogP contribution in [0.25, 0.3) is 0 Å². The molecule has 0 bridgehead atoms. The Hall–Kier alpha value is -0.510. The predicted octanol–water partition coefficient (Wildman–Crippen LogP) is 1.67. The molecule has 0 rings (SSSR count). The van der Waals surface area contributed by atoms with E-state index in [0.717, 1.165) is 0 Å². The van der Waals surface area contributed by atoms with E-state index in [4.69, 9.17) is 0 Å². The number of carbonyl (C=O) groups excluding carboxylic acids is 2. The van der Waals surface area contributed by atoms with Crippen LogP contribution in [0.4, 0.5) is 0 Å². The molecule has 0 fully saturated rings. The summed E-state index contributed by atoms with van der Waals surface area (Å²) in [7, 11) is 0. The second-order valence-corrected chi connectivity index (χ2v) is 4.87. The molecule has 0 unspecified atom stereocenters. The second-order valence-electron chi connectivity index (χ2n) is 3.77. The van der Waals surface area contributed by atoms with Gasteiger partial charge in [0.2, 0.25) is 5.91 Å². The summed E-state index contributed by atoms with van der Waals surface area (Å²) in [6, 6.07) is 0. The Morgan fingerprint density at radius 1 is 1.14 bits per heavy atom. The van der Waals surface area contributed by atoms with E-state index in [1.54, 1.807) is 0 Å². The summed E-state index contributed by atoms with van der Waals surface area (Å²) in [4.78, 5) is 22.3. The Bertz CT molecular complexity index is 180. The lowest BCUT2D eigenvalue weighted by atomic mass is 10.2. The van der Waals surface area contributed by atoms with Crippen molar-refractivity contribution in [2.45, 2.75) is 27.7 Å². The second kappa shape index (κ2) is 6.87. The van der Waals surface area contributed by atoms with Crippen molar-refractivity contribution in [3.8, 4) is 0 Å². The van der Waals surface area contributed by atoms with Crippen molar-refractivity contribution >= 4 is 22.8 Å². The molecule has 0 aliphatic heterocycles. The van der Waals surface area contributed by atoms with Gasteiger partial charge >= 0.3 is 0 Å². The van der Waals surface area contributed by atoms with E-state index in [1.165, 1.54) is 11.8 Å². The van der Waals surface area contributed by atoms with Crippen LogP contribution in [0.1, 0.15) is 27.7 Å². The van der Waals surface area contributed by atoms with Crippen LogP contribution in [0.5, 0.6) is 0 Å². The van der Waals surface area contributed by atoms with Gasteiger partial charge in [-0.2, -0.15) is 0 Å². The molecule has 82 valence electrons. The lowest BCUT2D eigenvalue weighted by Gasteiger charge is -2.07. The molecule has 0 saturated carbocycles. The van der Waals surface area contributed by atoms with E-state index >= 15 is 0 Å². The standard InChI is InChI=1S/C10H19NO2S/c1-7(2)9(12)11-5-6-14-10(13)8(3)4/h7-8H,5-6H2,1-4H3,(H,11,12). The van der Waals surface area contributed by atoms with Crippen LogP contribution in [0.3, 0.4) is 0 Å². The van der Waals surface area contributed by atoms with E-state index in [2.05, 4.69) is 5.32 Å². The van der Waals surface area contributed by atoms with Crippen LogP contribution in [-0.2, 0) is 9.59 Å². The zero-order chi connectivity index (χ0) is 11.1. The van der Waals surface area contributed by atoms with Gasteiger partial charge in [0.25, 0.3) is 0 Å². The fourth-order valence-electron chi connectivity index (χ4n) is 0.697. The first-order chi connectivity index (χ1) is 6.45. The lowest BCUT2D eigenvalue weighted by molar-refractivity contribution is -0.123. The molecule has 0 heterocycles. The molecule has 0 aliphatic carbocycles. The molecule has 1 N–H and O–H groups in total. The highest BCUT2D eigenvalue weighted by atomic mass is 32.2. The molecule has 0 radical (unpaired) electrons. The molecule has 0 aromatic heterocycles. The average Bonchev–Trinajstić information content (AvgIpc) is 2.11. The Morgan fingerprint density at radius 2 is 1.71 bits per heavy atom. The first-order valence-corrected chi connectivity index (χ1v) is 5.88. The fraction of sp³-hybridized carbons (Fsp3) is 0.800. The van der Waals surface area contributed by atoms with E-state index in [1.807, 2.05) is 27.7 Å². The Balaban J connectivity index is 3.48. The van der Waals surface area contributed by atoms with Crippen LogP contribution in [0.15, 0.2) is 0 Å². The van der Waals surface area contributed by atoms with Gasteiger partial charge in [-0.25, -0.2) is 0 Å². The molecule has 0 spiro atoms. The molecule has 0 atom stereocenters. The topological polar surface area (TPSA) is 46.2 Å². The summed E-state index contributed by atoms with van der Waals surface area (Å²) in [5.41, 5.74) is 0. The molecule has 0 saturated heterocycles. The molecule has 3 nitrogen and oxygen atoms in total. The van der Waals surface area contributed by atoms with Gasteiger partial charge < -0.3 is 5.32 Å². The number of amides is 1. The summed E-state index contributed by atoms with van der Waals surface area (Å²) in [5.74, 6) is 0.791. The zero-order valence-corrected chi connectivity index (χ0v) is 10.1. The summed E-state index contributed by atoms with van der Waals surface area (Å²) >= 11 is 1.28. The van der Waals surface area contributed by atoms with Gasteiger partial charge in [-0.15, -0.1) is 0 Å². The highest BCUT2D eigenvalue weighted by molar-refractivity contribution is 8.13. The number of nitrogens with one attached hydrogen (secondary N) is 1. The molecule has 14 heavy (non-hydrogen) atoms. The number of thioether (sulfide) groups is 1. The molecular formula is C10H19NO2S. The largest absolute Gasteiger partial charge is 0.355 e. The summed E-state index contributed by atoms with van der Waals surface area (Å²) in [6.45, 7) is 8.02. The smallest absolute Gasteiger partial charge is 0.222 e. The van der Waals surface area contributed by atoms with Crippen molar-refractivity contribution < 1.29 is 9.59 Å². The van der Waals surface area contributed by atoms with Crippen molar-refractivity contribution in [3.63, 3.8) is 0 Å². The summed E-state index contributed by atoms with van der Waals surface area (Å²) in [6.07, 6.45) is 0. The summed E-state index contributed by atoms with van der Waals surface area (Å²) in [5, 5.41) is 2.95. The number of carbonyl (C=O) groups is 2. The van der Waals surface area contributed by atoms with Crippen LogP contribution in [-0.4, -0.2) is 23.3 Å². The van der Waals surface area contributed by atoms with Crippen molar-refractivity contribution in [2.24, 2.45) is 11.8 Å². The molecule has 0 aliphatic rings. The number of hydrogen-bond donors (Lipinski definition) is 1. The maximum absolute atomic E-state index is 11.2. The third-order valence-electron chi connectivity index (χ3n) is 1.64. The minimum absolute atomic E-state index is 0.0146. The lowest BCUT2D eigenvalue weighted by Crippen LogP contribution is -2.29. The predicted molar refractivity (Wildman–Crippen MR) is 60.2 cm³/mol. The van der Waals surface area contributed by atoms with E-state index < -0.39 is 0 Å². The Morgan fingerprint density at radius 3 is 2.14 bits per heavy atom. The SMILES string of the molecule is CC(C)C(=O)NCCSC(=O)C(C)C. The Labute approximate surface area is 90.0 Å². The van der Waals surface area contributed by atoms with Crippen LogP contribution < -0.4 is 5.32 Å². The third-order valence-corrected chi connectivity index (χ3v) is 2.81. The maximum Gasteiger partial charge on any atom is 0.222 e.